The van der Waals surface area contributed by atoms with Gasteiger partial charge >= 0.3 is 6.18 Å². The molecule has 0 saturated heterocycles. The van der Waals surface area contributed by atoms with E-state index in [1.807, 2.05) is 5.38 Å². The van der Waals surface area contributed by atoms with Crippen molar-refractivity contribution in [3.63, 3.8) is 0 Å². The fraction of sp³-hybridized carbons (Fsp3) is 0.150. The normalized spacial score (nSPS) is 11.6. The molecule has 0 aliphatic rings. The first kappa shape index (κ1) is 21.1. The van der Waals surface area contributed by atoms with E-state index in [0.717, 1.165) is 17.7 Å². The monoisotopic (exact) mass is 465 g/mol. The van der Waals surface area contributed by atoms with Crippen molar-refractivity contribution in [3.8, 4) is 0 Å². The number of carbonyl (C=O) groups excluding carboxylic acids is 1. The van der Waals surface area contributed by atoms with Crippen LogP contribution in [0.25, 0.3) is 0 Å². The first-order valence-electron chi connectivity index (χ1n) is 9.02. The number of carbonyl (C=O) groups is 1. The average Bonchev–Trinajstić information content (AvgIpc) is 3.44. The summed E-state index contributed by atoms with van der Waals surface area (Å²) in [4.78, 5) is 13.0. The fourth-order valence-electron chi connectivity index (χ4n) is 2.92. The van der Waals surface area contributed by atoms with Gasteiger partial charge in [-0.25, -0.2) is 0 Å². The molecular weight excluding hydrogens is 451 g/mol. The van der Waals surface area contributed by atoms with E-state index < -0.39 is 11.7 Å². The number of nitrogens with one attached hydrogen (secondary N) is 1. The highest BCUT2D eigenvalue weighted by molar-refractivity contribution is 7.12. The Balaban J connectivity index is 1.38. The van der Waals surface area contributed by atoms with Crippen LogP contribution >= 0.6 is 22.9 Å². The van der Waals surface area contributed by atoms with Crippen molar-refractivity contribution in [1.82, 2.24) is 19.6 Å². The van der Waals surface area contributed by atoms with Crippen LogP contribution in [0.2, 0.25) is 5.02 Å². The van der Waals surface area contributed by atoms with E-state index in [0.29, 0.717) is 27.8 Å². The summed E-state index contributed by atoms with van der Waals surface area (Å²) >= 11 is 7.14. The summed E-state index contributed by atoms with van der Waals surface area (Å²) in [7, 11) is 0. The highest BCUT2D eigenvalue weighted by Crippen LogP contribution is 2.29. The van der Waals surface area contributed by atoms with E-state index >= 15 is 0 Å². The lowest BCUT2D eigenvalue weighted by atomic mass is 10.1. The van der Waals surface area contributed by atoms with Crippen molar-refractivity contribution in [1.29, 1.82) is 0 Å². The van der Waals surface area contributed by atoms with Gasteiger partial charge in [-0.1, -0.05) is 23.7 Å². The van der Waals surface area contributed by atoms with Crippen molar-refractivity contribution < 1.29 is 18.0 Å². The van der Waals surface area contributed by atoms with Crippen LogP contribution < -0.4 is 5.32 Å². The topological polar surface area (TPSA) is 64.7 Å². The molecule has 3 aromatic heterocycles. The van der Waals surface area contributed by atoms with E-state index in [1.54, 1.807) is 35.3 Å². The number of nitrogens with zero attached hydrogens (tertiary/aromatic N) is 4. The fourth-order valence-corrected chi connectivity index (χ4v) is 3.87. The number of benzene rings is 1. The summed E-state index contributed by atoms with van der Waals surface area (Å²) in [6.45, 7) is 0.636. The Bertz CT molecular complexity index is 1210. The highest BCUT2D eigenvalue weighted by atomic mass is 35.5. The number of alkyl halides is 3. The second kappa shape index (κ2) is 8.56. The number of aromatic nitrogens is 4. The van der Waals surface area contributed by atoms with Crippen LogP contribution in [0.5, 0.6) is 0 Å². The minimum Gasteiger partial charge on any atom is -0.304 e. The zero-order valence-corrected chi connectivity index (χ0v) is 17.4. The van der Waals surface area contributed by atoms with E-state index in [2.05, 4.69) is 15.5 Å². The molecule has 3 heterocycles. The van der Waals surface area contributed by atoms with Crippen LogP contribution in [0.3, 0.4) is 0 Å². The van der Waals surface area contributed by atoms with Gasteiger partial charge in [0.05, 0.1) is 34.7 Å². The number of hydrogen-bond donors (Lipinski definition) is 1. The van der Waals surface area contributed by atoms with Crippen molar-refractivity contribution in [2.24, 2.45) is 0 Å². The molecule has 0 bridgehead atoms. The summed E-state index contributed by atoms with van der Waals surface area (Å²) in [6, 6.07) is 8.40. The van der Waals surface area contributed by atoms with Crippen LogP contribution in [0.15, 0.2) is 60.4 Å². The standard InChI is InChI=1S/C20H15ClF3N5OS/c21-16-8-25-29(11-16)10-14-7-17(31-12-14)19(30)26-18-4-5-28(27-18)9-13-2-1-3-15(6-13)20(22,23)24/h1-8,11-12H,9-10H2,(H,26,27,30). The van der Waals surface area contributed by atoms with E-state index in [9.17, 15) is 18.0 Å². The van der Waals surface area contributed by atoms with Crippen LogP contribution in [0.4, 0.5) is 19.0 Å². The molecule has 160 valence electrons. The van der Waals surface area contributed by atoms with Gasteiger partial charge in [-0.2, -0.15) is 23.4 Å². The largest absolute Gasteiger partial charge is 0.416 e. The molecule has 0 atom stereocenters. The molecule has 0 saturated carbocycles. The lowest BCUT2D eigenvalue weighted by molar-refractivity contribution is -0.137. The Hall–Kier alpha value is -3.11. The molecule has 0 radical (unpaired) electrons. The number of hydrogen-bond acceptors (Lipinski definition) is 4. The number of halogens is 4. The molecule has 0 aliphatic heterocycles. The molecule has 6 nitrogen and oxygen atoms in total. The molecule has 1 N–H and O–H groups in total. The summed E-state index contributed by atoms with van der Waals surface area (Å²) < 4.78 is 41.7. The van der Waals surface area contributed by atoms with Gasteiger partial charge in [-0.3, -0.25) is 14.2 Å². The summed E-state index contributed by atoms with van der Waals surface area (Å²) in [5.41, 5.74) is 0.652. The van der Waals surface area contributed by atoms with Crippen molar-refractivity contribution in [2.45, 2.75) is 19.3 Å². The van der Waals surface area contributed by atoms with Gasteiger partial charge in [-0.05, 0) is 34.7 Å². The molecule has 1 amide bonds. The molecule has 1 aromatic carbocycles. The van der Waals surface area contributed by atoms with E-state index in [1.165, 1.54) is 28.3 Å². The number of amides is 1. The predicted molar refractivity (Wildman–Crippen MR) is 111 cm³/mol. The molecule has 0 aliphatic carbocycles. The maximum Gasteiger partial charge on any atom is 0.416 e. The van der Waals surface area contributed by atoms with Crippen molar-refractivity contribution in [2.75, 3.05) is 5.32 Å². The van der Waals surface area contributed by atoms with Gasteiger partial charge in [0.1, 0.15) is 0 Å². The summed E-state index contributed by atoms with van der Waals surface area (Å²) in [5, 5.41) is 13.4. The first-order valence-corrected chi connectivity index (χ1v) is 10.3. The lowest BCUT2D eigenvalue weighted by Crippen LogP contribution is -2.11. The second-order valence-electron chi connectivity index (χ2n) is 6.73. The van der Waals surface area contributed by atoms with Gasteiger partial charge < -0.3 is 5.32 Å². The van der Waals surface area contributed by atoms with Gasteiger partial charge in [0.15, 0.2) is 5.82 Å². The third-order valence-corrected chi connectivity index (χ3v) is 5.48. The Kier molecular flexibility index (Phi) is 5.84. The maximum atomic E-state index is 12.9. The van der Waals surface area contributed by atoms with Gasteiger partial charge in [-0.15, -0.1) is 11.3 Å². The first-order chi connectivity index (χ1) is 14.8. The number of anilines is 1. The highest BCUT2D eigenvalue weighted by Gasteiger charge is 2.30. The molecule has 11 heteroatoms. The van der Waals surface area contributed by atoms with Gasteiger partial charge in [0.25, 0.3) is 5.91 Å². The molecular formula is C20H15ClF3N5OS. The van der Waals surface area contributed by atoms with Crippen LogP contribution in [-0.4, -0.2) is 25.5 Å². The molecule has 0 spiro atoms. The molecule has 4 aromatic rings. The van der Waals surface area contributed by atoms with E-state index in [-0.39, 0.29) is 12.5 Å². The zero-order valence-electron chi connectivity index (χ0n) is 15.8. The van der Waals surface area contributed by atoms with Crippen LogP contribution in [0, 0.1) is 0 Å². The smallest absolute Gasteiger partial charge is 0.304 e. The SMILES string of the molecule is O=C(Nc1ccn(Cc2cccc(C(F)(F)F)c2)n1)c1cc(Cn2cc(Cl)cn2)cs1. The minimum atomic E-state index is -4.40. The van der Waals surface area contributed by atoms with Crippen molar-refractivity contribution >= 4 is 34.7 Å². The van der Waals surface area contributed by atoms with Crippen LogP contribution in [0.1, 0.15) is 26.4 Å². The lowest BCUT2D eigenvalue weighted by Gasteiger charge is -2.08. The Morgan fingerprint density at radius 3 is 2.68 bits per heavy atom. The third kappa shape index (κ3) is 5.33. The zero-order chi connectivity index (χ0) is 22.0. The third-order valence-electron chi connectivity index (χ3n) is 4.30. The Morgan fingerprint density at radius 1 is 1.13 bits per heavy atom. The molecule has 4 rings (SSSR count). The minimum absolute atomic E-state index is 0.148. The molecule has 0 unspecified atom stereocenters. The maximum absolute atomic E-state index is 12.9. The van der Waals surface area contributed by atoms with Gasteiger partial charge in [0, 0.05) is 18.5 Å². The van der Waals surface area contributed by atoms with E-state index in [4.69, 9.17) is 11.6 Å². The summed E-state index contributed by atoms with van der Waals surface area (Å²) in [6.07, 6.45) is 0.424. The predicted octanol–water partition coefficient (Wildman–Crippen LogP) is 5.16. The number of rotatable bonds is 6. The second-order valence-corrected chi connectivity index (χ2v) is 8.07. The summed E-state index contributed by atoms with van der Waals surface area (Å²) in [5.74, 6) is -0.00940. The average molecular weight is 466 g/mol. The Morgan fingerprint density at radius 2 is 1.94 bits per heavy atom. The number of thiophene rings is 1. The van der Waals surface area contributed by atoms with Gasteiger partial charge in [0.2, 0.25) is 0 Å². The quantitative estimate of drug-likeness (QED) is 0.427. The van der Waals surface area contributed by atoms with Crippen molar-refractivity contribution in [3.05, 3.63) is 87.0 Å². The van der Waals surface area contributed by atoms with Crippen LogP contribution in [-0.2, 0) is 19.3 Å². The Labute approximate surface area is 183 Å². The molecule has 31 heavy (non-hydrogen) atoms. The molecule has 0 fully saturated rings.